The lowest BCUT2D eigenvalue weighted by atomic mass is 10.7. The first kappa shape index (κ1) is 19.8. The average molecular weight is 361 g/mol. The SMILES string of the molecule is FC(F)(F)CO[Si](Cl)(OCC(F)(F)F)OCC(F)(F)F. The largest absolute Gasteiger partial charge is 0.614 e. The summed E-state index contributed by atoms with van der Waals surface area (Å²) in [5.74, 6) is 0. The maximum Gasteiger partial charge on any atom is 0.614 e. The molecule has 0 amide bonds. The molecule has 0 fully saturated rings. The highest BCUT2D eigenvalue weighted by Gasteiger charge is 2.49. The van der Waals surface area contributed by atoms with Crippen LogP contribution in [0, 0.1) is 0 Å². The molecule has 0 aliphatic rings. The van der Waals surface area contributed by atoms with Crippen molar-refractivity contribution in [2.45, 2.75) is 18.5 Å². The van der Waals surface area contributed by atoms with Gasteiger partial charge in [0.15, 0.2) is 0 Å². The van der Waals surface area contributed by atoms with Crippen molar-refractivity contribution in [3.8, 4) is 0 Å². The third-order valence-electron chi connectivity index (χ3n) is 1.22. The summed E-state index contributed by atoms with van der Waals surface area (Å²) in [6.45, 7) is -6.63. The second-order valence-corrected chi connectivity index (χ2v) is 6.41. The normalized spacial score (nSPS) is 14.7. The predicted octanol–water partition coefficient (Wildman–Crippen LogP) is 3.40. The van der Waals surface area contributed by atoms with Crippen LogP contribution in [0.1, 0.15) is 0 Å². The molecule has 0 radical (unpaired) electrons. The Kier molecular flexibility index (Phi) is 6.60. The first-order chi connectivity index (χ1) is 8.62. The van der Waals surface area contributed by atoms with E-state index in [-0.39, 0.29) is 0 Å². The fourth-order valence-corrected chi connectivity index (χ4v) is 2.38. The molecule has 0 aliphatic heterocycles. The molecule has 20 heavy (non-hydrogen) atoms. The summed E-state index contributed by atoms with van der Waals surface area (Å²) in [6, 6.07) is 0. The molecule has 0 bridgehead atoms. The van der Waals surface area contributed by atoms with Crippen molar-refractivity contribution in [3.05, 3.63) is 0 Å². The van der Waals surface area contributed by atoms with Gasteiger partial charge in [0.05, 0.1) is 0 Å². The molecule has 3 nitrogen and oxygen atoms in total. The van der Waals surface area contributed by atoms with Gasteiger partial charge in [-0.15, -0.1) is 0 Å². The number of hydrogen-bond acceptors (Lipinski definition) is 3. The van der Waals surface area contributed by atoms with E-state index in [1.165, 1.54) is 0 Å². The van der Waals surface area contributed by atoms with Crippen LogP contribution in [0.5, 0.6) is 0 Å². The van der Waals surface area contributed by atoms with Crippen molar-refractivity contribution in [1.29, 1.82) is 0 Å². The van der Waals surface area contributed by atoms with Gasteiger partial charge in [-0.1, -0.05) is 11.1 Å². The maximum atomic E-state index is 11.8. The molecule has 0 saturated carbocycles. The minimum atomic E-state index is -5.27. The van der Waals surface area contributed by atoms with Gasteiger partial charge in [-0.05, 0) is 0 Å². The second kappa shape index (κ2) is 6.68. The van der Waals surface area contributed by atoms with Gasteiger partial charge in [0, 0.05) is 0 Å². The second-order valence-electron chi connectivity index (χ2n) is 3.19. The van der Waals surface area contributed by atoms with Crippen molar-refractivity contribution in [2.75, 3.05) is 19.8 Å². The lowest BCUT2D eigenvalue weighted by Crippen LogP contribution is -2.46. The smallest absolute Gasteiger partial charge is 0.352 e. The summed E-state index contributed by atoms with van der Waals surface area (Å²) in [7, 11) is -5.27. The molecule has 0 aliphatic carbocycles. The average Bonchev–Trinajstić information content (AvgIpc) is 2.18. The van der Waals surface area contributed by atoms with E-state index in [4.69, 9.17) is 11.1 Å². The van der Waals surface area contributed by atoms with Crippen molar-refractivity contribution in [1.82, 2.24) is 0 Å². The van der Waals surface area contributed by atoms with Gasteiger partial charge in [0.25, 0.3) is 0 Å². The van der Waals surface area contributed by atoms with Crippen LogP contribution in [-0.4, -0.2) is 46.5 Å². The fraction of sp³-hybridized carbons (Fsp3) is 1.00. The molecule has 122 valence electrons. The highest BCUT2D eigenvalue weighted by atomic mass is 35.6. The zero-order valence-electron chi connectivity index (χ0n) is 9.13. The van der Waals surface area contributed by atoms with E-state index in [1.54, 1.807) is 0 Å². The van der Waals surface area contributed by atoms with Crippen LogP contribution >= 0.6 is 11.1 Å². The molecule has 0 unspecified atom stereocenters. The third-order valence-corrected chi connectivity index (χ3v) is 3.67. The molecule has 0 heterocycles. The Labute approximate surface area is 111 Å². The molecule has 0 N–H and O–H groups in total. The third kappa shape index (κ3) is 11.6. The number of hydrogen-bond donors (Lipinski definition) is 0. The molecular weight excluding hydrogens is 355 g/mol. The van der Waals surface area contributed by atoms with Gasteiger partial charge < -0.3 is 13.3 Å². The quantitative estimate of drug-likeness (QED) is 0.413. The summed E-state index contributed by atoms with van der Waals surface area (Å²) >= 11 is 5.03. The lowest BCUT2D eigenvalue weighted by Gasteiger charge is -2.24. The Morgan fingerprint density at radius 1 is 0.600 bits per heavy atom. The van der Waals surface area contributed by atoms with E-state index < -0.39 is 46.5 Å². The van der Waals surface area contributed by atoms with Crippen molar-refractivity contribution < 1.29 is 52.8 Å². The number of halogens is 10. The first-order valence-electron chi connectivity index (χ1n) is 4.43. The molecule has 0 aromatic heterocycles. The Morgan fingerprint density at radius 2 is 0.800 bits per heavy atom. The monoisotopic (exact) mass is 360 g/mol. The van der Waals surface area contributed by atoms with Crippen LogP contribution in [-0.2, 0) is 13.3 Å². The van der Waals surface area contributed by atoms with Crippen molar-refractivity contribution in [3.63, 3.8) is 0 Å². The fourth-order valence-electron chi connectivity index (χ4n) is 0.629. The summed E-state index contributed by atoms with van der Waals surface area (Å²) in [5, 5.41) is 0. The Morgan fingerprint density at radius 3 is 0.950 bits per heavy atom. The first-order valence-corrected chi connectivity index (χ1v) is 7.17. The topological polar surface area (TPSA) is 27.7 Å². The van der Waals surface area contributed by atoms with Gasteiger partial charge >= 0.3 is 26.6 Å². The highest BCUT2D eigenvalue weighted by molar-refractivity contribution is 7.09. The molecule has 0 rings (SSSR count). The number of alkyl halides is 9. The molecular formula is C6H6ClF9O3Si. The van der Waals surface area contributed by atoms with E-state index >= 15 is 0 Å². The summed E-state index contributed by atoms with van der Waals surface area (Å²) in [4.78, 5) is 0. The van der Waals surface area contributed by atoms with E-state index in [9.17, 15) is 39.5 Å². The minimum absolute atomic E-state index is 2.21. The van der Waals surface area contributed by atoms with Crippen LogP contribution in [0.15, 0.2) is 0 Å². The van der Waals surface area contributed by atoms with Crippen LogP contribution in [0.25, 0.3) is 0 Å². The van der Waals surface area contributed by atoms with Crippen LogP contribution in [0.3, 0.4) is 0 Å². The Bertz CT molecular complexity index is 256. The molecule has 0 saturated heterocycles. The van der Waals surface area contributed by atoms with Crippen LogP contribution < -0.4 is 0 Å². The lowest BCUT2D eigenvalue weighted by molar-refractivity contribution is -0.190. The molecule has 0 aromatic carbocycles. The zero-order valence-corrected chi connectivity index (χ0v) is 10.9. The Balaban J connectivity index is 4.66. The van der Waals surface area contributed by atoms with E-state index in [0.29, 0.717) is 0 Å². The van der Waals surface area contributed by atoms with E-state index in [2.05, 4.69) is 13.3 Å². The molecule has 0 aromatic rings. The number of rotatable bonds is 6. The van der Waals surface area contributed by atoms with E-state index in [1.807, 2.05) is 0 Å². The summed E-state index contributed by atoms with van der Waals surface area (Å²) < 4.78 is 118. The summed E-state index contributed by atoms with van der Waals surface area (Å²) in [6.07, 6.45) is -15.1. The van der Waals surface area contributed by atoms with Gasteiger partial charge in [0.1, 0.15) is 19.8 Å². The standard InChI is InChI=1S/C6H6ClF9O3Si/c7-20(17-1-4(8,9)10,18-2-5(11,12)13)19-3-6(14,15)16/h1-3H2. The predicted molar refractivity (Wildman–Crippen MR) is 47.6 cm³/mol. The Hall–Kier alpha value is -0.243. The maximum absolute atomic E-state index is 11.8. The van der Waals surface area contributed by atoms with Crippen LogP contribution in [0.2, 0.25) is 0 Å². The van der Waals surface area contributed by atoms with Crippen LogP contribution in [0.4, 0.5) is 39.5 Å². The van der Waals surface area contributed by atoms with Gasteiger partial charge in [-0.25, -0.2) is 0 Å². The highest BCUT2D eigenvalue weighted by Crippen LogP contribution is 2.27. The molecule has 14 heteroatoms. The minimum Gasteiger partial charge on any atom is -0.352 e. The van der Waals surface area contributed by atoms with Crippen molar-refractivity contribution >= 4 is 19.2 Å². The molecule has 0 atom stereocenters. The van der Waals surface area contributed by atoms with Gasteiger partial charge in [0.2, 0.25) is 0 Å². The van der Waals surface area contributed by atoms with E-state index in [0.717, 1.165) is 0 Å². The molecule has 0 spiro atoms. The van der Waals surface area contributed by atoms with Gasteiger partial charge in [-0.2, -0.15) is 39.5 Å². The van der Waals surface area contributed by atoms with Crippen molar-refractivity contribution in [2.24, 2.45) is 0 Å². The van der Waals surface area contributed by atoms with Gasteiger partial charge in [-0.3, -0.25) is 0 Å². The zero-order chi connectivity index (χ0) is 16.2. The summed E-state index contributed by atoms with van der Waals surface area (Å²) in [5.41, 5.74) is 0.